The number of anilines is 1. The van der Waals surface area contributed by atoms with Crippen LogP contribution < -0.4 is 5.32 Å². The summed E-state index contributed by atoms with van der Waals surface area (Å²) in [4.78, 5) is 14.9. The normalized spacial score (nSPS) is 11.4. The van der Waals surface area contributed by atoms with Crippen molar-refractivity contribution < 1.29 is 4.79 Å². The first-order chi connectivity index (χ1) is 11.9. The molecule has 2 rings (SSSR count). The van der Waals surface area contributed by atoms with E-state index in [0.29, 0.717) is 18.5 Å². The second kappa shape index (κ2) is 8.82. The Morgan fingerprint density at radius 3 is 2.28 bits per heavy atom. The van der Waals surface area contributed by atoms with E-state index in [2.05, 4.69) is 62.2 Å². The minimum absolute atomic E-state index is 0.0424. The van der Waals surface area contributed by atoms with Gasteiger partial charge in [-0.2, -0.15) is 0 Å². The lowest BCUT2D eigenvalue weighted by Crippen LogP contribution is -2.37. The number of hydrogen-bond donors (Lipinski definition) is 1. The molecule has 0 aliphatic heterocycles. The zero-order chi connectivity index (χ0) is 18.4. The summed E-state index contributed by atoms with van der Waals surface area (Å²) in [7, 11) is 0. The zero-order valence-electron chi connectivity index (χ0n) is 16.0. The number of nitrogens with zero attached hydrogens (tertiary/aromatic N) is 1. The minimum atomic E-state index is 0.0424. The van der Waals surface area contributed by atoms with E-state index in [1.54, 1.807) is 0 Å². The van der Waals surface area contributed by atoms with Crippen molar-refractivity contribution in [3.05, 3.63) is 65.2 Å². The molecule has 0 aliphatic rings. The minimum Gasteiger partial charge on any atom is -0.324 e. The van der Waals surface area contributed by atoms with Gasteiger partial charge in [0, 0.05) is 18.3 Å². The number of nitrogens with one attached hydrogen (secondary N) is 1. The van der Waals surface area contributed by atoms with E-state index in [-0.39, 0.29) is 5.91 Å². The average Bonchev–Trinajstić information content (AvgIpc) is 2.56. The van der Waals surface area contributed by atoms with Gasteiger partial charge in [-0.3, -0.25) is 9.69 Å². The van der Waals surface area contributed by atoms with E-state index in [1.165, 1.54) is 11.1 Å². The van der Waals surface area contributed by atoms with Crippen LogP contribution in [0.1, 0.15) is 50.3 Å². The summed E-state index contributed by atoms with van der Waals surface area (Å²) >= 11 is 0. The van der Waals surface area contributed by atoms with Gasteiger partial charge < -0.3 is 5.32 Å². The van der Waals surface area contributed by atoms with Gasteiger partial charge in [-0.05, 0) is 43.4 Å². The molecular weight excluding hydrogens is 308 g/mol. The lowest BCUT2D eigenvalue weighted by atomic mass is 9.98. The molecule has 0 aliphatic carbocycles. The number of rotatable bonds is 7. The molecule has 0 fully saturated rings. The maximum Gasteiger partial charge on any atom is 0.238 e. The van der Waals surface area contributed by atoms with Gasteiger partial charge in [0.25, 0.3) is 0 Å². The maximum atomic E-state index is 12.7. The standard InChI is InChI=1S/C22H30N2O/c1-16(2)20-13-9-10-18(5)22(20)23-21(25)15-24(17(3)4)14-19-11-7-6-8-12-19/h6-13,16-17H,14-15H2,1-5H3,(H,23,25). The molecule has 0 heterocycles. The fourth-order valence-electron chi connectivity index (χ4n) is 2.94. The van der Waals surface area contributed by atoms with Crippen molar-refractivity contribution in [3.8, 4) is 0 Å². The van der Waals surface area contributed by atoms with Crippen molar-refractivity contribution in [1.29, 1.82) is 0 Å². The topological polar surface area (TPSA) is 32.3 Å². The van der Waals surface area contributed by atoms with Gasteiger partial charge in [-0.25, -0.2) is 0 Å². The Morgan fingerprint density at radius 2 is 1.68 bits per heavy atom. The predicted octanol–water partition coefficient (Wildman–Crippen LogP) is 4.97. The monoisotopic (exact) mass is 338 g/mol. The van der Waals surface area contributed by atoms with Crippen LogP contribution >= 0.6 is 0 Å². The second-order valence-electron chi connectivity index (χ2n) is 7.23. The van der Waals surface area contributed by atoms with Crippen molar-refractivity contribution >= 4 is 11.6 Å². The molecule has 0 radical (unpaired) electrons. The summed E-state index contributed by atoms with van der Waals surface area (Å²) in [6.07, 6.45) is 0. The van der Waals surface area contributed by atoms with Crippen LogP contribution in [-0.4, -0.2) is 23.4 Å². The SMILES string of the molecule is Cc1cccc(C(C)C)c1NC(=O)CN(Cc1ccccc1)C(C)C. The van der Waals surface area contributed by atoms with E-state index in [1.807, 2.05) is 31.2 Å². The summed E-state index contributed by atoms with van der Waals surface area (Å²) in [5, 5.41) is 3.15. The highest BCUT2D eigenvalue weighted by atomic mass is 16.2. The summed E-state index contributed by atoms with van der Waals surface area (Å²) in [6, 6.07) is 16.8. The van der Waals surface area contributed by atoms with Gasteiger partial charge in [0.1, 0.15) is 0 Å². The smallest absolute Gasteiger partial charge is 0.238 e. The molecule has 3 nitrogen and oxygen atoms in total. The zero-order valence-corrected chi connectivity index (χ0v) is 16.0. The fraction of sp³-hybridized carbons (Fsp3) is 0.409. The number of carbonyl (C=O) groups excluding carboxylic acids is 1. The van der Waals surface area contributed by atoms with E-state index in [9.17, 15) is 4.79 Å². The van der Waals surface area contributed by atoms with Gasteiger partial charge in [0.2, 0.25) is 5.91 Å². The van der Waals surface area contributed by atoms with E-state index < -0.39 is 0 Å². The molecular formula is C22H30N2O. The summed E-state index contributed by atoms with van der Waals surface area (Å²) in [6.45, 7) is 11.8. The summed E-state index contributed by atoms with van der Waals surface area (Å²) < 4.78 is 0. The third-order valence-electron chi connectivity index (χ3n) is 4.50. The molecule has 0 saturated heterocycles. The Labute approximate surface area is 152 Å². The Balaban J connectivity index is 2.10. The molecule has 25 heavy (non-hydrogen) atoms. The molecule has 2 aromatic carbocycles. The fourth-order valence-corrected chi connectivity index (χ4v) is 2.94. The Hall–Kier alpha value is -2.13. The lowest BCUT2D eigenvalue weighted by Gasteiger charge is -2.26. The van der Waals surface area contributed by atoms with Crippen LogP contribution in [-0.2, 0) is 11.3 Å². The number of benzene rings is 2. The Bertz CT molecular complexity index is 692. The van der Waals surface area contributed by atoms with Gasteiger partial charge in [0.15, 0.2) is 0 Å². The van der Waals surface area contributed by atoms with Crippen LogP contribution in [0.4, 0.5) is 5.69 Å². The van der Waals surface area contributed by atoms with Crippen molar-refractivity contribution in [2.75, 3.05) is 11.9 Å². The molecule has 2 aromatic rings. The van der Waals surface area contributed by atoms with Gasteiger partial charge >= 0.3 is 0 Å². The largest absolute Gasteiger partial charge is 0.324 e. The molecule has 0 bridgehead atoms. The third-order valence-corrected chi connectivity index (χ3v) is 4.50. The summed E-state index contributed by atoms with van der Waals surface area (Å²) in [5.41, 5.74) is 4.49. The summed E-state index contributed by atoms with van der Waals surface area (Å²) in [5.74, 6) is 0.418. The number of para-hydroxylation sites is 1. The van der Waals surface area contributed by atoms with E-state index in [4.69, 9.17) is 0 Å². The number of aryl methyl sites for hydroxylation is 1. The Kier molecular flexibility index (Phi) is 6.77. The van der Waals surface area contributed by atoms with Crippen LogP contribution in [0, 0.1) is 6.92 Å². The van der Waals surface area contributed by atoms with Crippen LogP contribution in [0.2, 0.25) is 0 Å². The molecule has 0 unspecified atom stereocenters. The molecule has 0 atom stereocenters. The lowest BCUT2D eigenvalue weighted by molar-refractivity contribution is -0.117. The van der Waals surface area contributed by atoms with Gasteiger partial charge in [-0.1, -0.05) is 62.4 Å². The van der Waals surface area contributed by atoms with Crippen molar-refractivity contribution in [2.24, 2.45) is 0 Å². The average molecular weight is 338 g/mol. The molecule has 1 N–H and O–H groups in total. The first-order valence-electron chi connectivity index (χ1n) is 9.05. The number of carbonyl (C=O) groups is 1. The number of hydrogen-bond acceptors (Lipinski definition) is 2. The molecule has 0 spiro atoms. The molecule has 3 heteroatoms. The highest BCUT2D eigenvalue weighted by Gasteiger charge is 2.17. The van der Waals surface area contributed by atoms with Gasteiger partial charge in [-0.15, -0.1) is 0 Å². The van der Waals surface area contributed by atoms with E-state index >= 15 is 0 Å². The van der Waals surface area contributed by atoms with Crippen LogP contribution in [0.3, 0.4) is 0 Å². The van der Waals surface area contributed by atoms with Crippen LogP contribution in [0.25, 0.3) is 0 Å². The van der Waals surface area contributed by atoms with E-state index in [0.717, 1.165) is 17.8 Å². The maximum absolute atomic E-state index is 12.7. The highest BCUT2D eigenvalue weighted by molar-refractivity contribution is 5.94. The first-order valence-corrected chi connectivity index (χ1v) is 9.05. The third kappa shape index (κ3) is 5.43. The van der Waals surface area contributed by atoms with Crippen LogP contribution in [0.15, 0.2) is 48.5 Å². The van der Waals surface area contributed by atoms with Crippen LogP contribution in [0.5, 0.6) is 0 Å². The van der Waals surface area contributed by atoms with Crippen molar-refractivity contribution in [3.63, 3.8) is 0 Å². The number of amides is 1. The second-order valence-corrected chi connectivity index (χ2v) is 7.23. The first kappa shape index (κ1) is 19.2. The molecule has 0 aromatic heterocycles. The Morgan fingerprint density at radius 1 is 1.00 bits per heavy atom. The molecule has 134 valence electrons. The highest BCUT2D eigenvalue weighted by Crippen LogP contribution is 2.27. The predicted molar refractivity (Wildman–Crippen MR) is 106 cm³/mol. The molecule has 1 amide bonds. The quantitative estimate of drug-likeness (QED) is 0.773. The molecule has 0 saturated carbocycles. The van der Waals surface area contributed by atoms with Crippen molar-refractivity contribution in [1.82, 2.24) is 4.90 Å². The van der Waals surface area contributed by atoms with Crippen molar-refractivity contribution in [2.45, 2.75) is 53.1 Å². The van der Waals surface area contributed by atoms with Gasteiger partial charge in [0.05, 0.1) is 6.54 Å².